The third-order valence-corrected chi connectivity index (χ3v) is 5.44. The molecule has 1 saturated heterocycles. The zero-order chi connectivity index (χ0) is 20.4. The van der Waals surface area contributed by atoms with Crippen LogP contribution in [0.25, 0.3) is 11.3 Å². The minimum absolute atomic E-state index is 0.00435. The van der Waals surface area contributed by atoms with Crippen molar-refractivity contribution in [1.82, 2.24) is 15.5 Å². The first-order chi connectivity index (χ1) is 14.0. The number of anilines is 1. The van der Waals surface area contributed by atoms with Gasteiger partial charge in [-0.1, -0.05) is 17.7 Å². The number of aromatic nitrogens is 2. The predicted octanol–water partition coefficient (Wildman–Crippen LogP) is 3.71. The Labute approximate surface area is 170 Å². The highest BCUT2D eigenvalue weighted by molar-refractivity contribution is 5.96. The molecular weight excluding hydrogens is 364 g/mol. The van der Waals surface area contributed by atoms with Crippen LogP contribution in [0.4, 0.5) is 5.82 Å². The van der Waals surface area contributed by atoms with Gasteiger partial charge in [0, 0.05) is 30.8 Å². The number of aryl methyl sites for hydroxylation is 2. The lowest BCUT2D eigenvalue weighted by Crippen LogP contribution is -2.37. The summed E-state index contributed by atoms with van der Waals surface area (Å²) in [6.07, 6.45) is 0.904. The van der Waals surface area contributed by atoms with E-state index in [0.29, 0.717) is 0 Å². The fraction of sp³-hybridized carbons (Fsp3) is 0.304. The van der Waals surface area contributed by atoms with E-state index in [1.54, 1.807) is 7.11 Å². The van der Waals surface area contributed by atoms with Gasteiger partial charge in [0.1, 0.15) is 5.75 Å². The molecule has 2 N–H and O–H groups in total. The van der Waals surface area contributed by atoms with Crippen molar-refractivity contribution >= 4 is 11.7 Å². The van der Waals surface area contributed by atoms with Gasteiger partial charge in [-0.05, 0) is 61.7 Å². The van der Waals surface area contributed by atoms with Crippen molar-refractivity contribution in [2.75, 3.05) is 25.1 Å². The Hall–Kier alpha value is -3.28. The summed E-state index contributed by atoms with van der Waals surface area (Å²) >= 11 is 0. The summed E-state index contributed by atoms with van der Waals surface area (Å²) in [6, 6.07) is 16.0. The quantitative estimate of drug-likeness (QED) is 0.697. The first-order valence-corrected chi connectivity index (χ1v) is 9.86. The number of rotatable bonds is 5. The van der Waals surface area contributed by atoms with Gasteiger partial charge in [-0.15, -0.1) is 0 Å². The second-order valence-electron chi connectivity index (χ2n) is 7.59. The van der Waals surface area contributed by atoms with Crippen molar-refractivity contribution in [3.8, 4) is 17.0 Å². The van der Waals surface area contributed by atoms with Gasteiger partial charge in [0.2, 0.25) is 0 Å². The van der Waals surface area contributed by atoms with Crippen LogP contribution >= 0.6 is 0 Å². The smallest absolute Gasteiger partial charge is 0.251 e. The summed E-state index contributed by atoms with van der Waals surface area (Å²) in [5.74, 6) is 1.73. The zero-order valence-electron chi connectivity index (χ0n) is 17.0. The lowest BCUT2D eigenvalue weighted by Gasteiger charge is -2.16. The van der Waals surface area contributed by atoms with E-state index in [1.165, 1.54) is 0 Å². The van der Waals surface area contributed by atoms with Crippen molar-refractivity contribution in [1.29, 1.82) is 0 Å². The highest BCUT2D eigenvalue weighted by Crippen LogP contribution is 2.26. The van der Waals surface area contributed by atoms with Crippen LogP contribution in [-0.4, -0.2) is 42.3 Å². The van der Waals surface area contributed by atoms with Gasteiger partial charge in [-0.25, -0.2) is 0 Å². The maximum absolute atomic E-state index is 12.7. The SMILES string of the molecule is COc1ccc(-c2cc(N3CC[C@H](NC(=O)c4ccc(C)cc4C)C3)n[nH]2)cc1. The van der Waals surface area contributed by atoms with E-state index in [-0.39, 0.29) is 11.9 Å². The van der Waals surface area contributed by atoms with E-state index in [1.807, 2.05) is 56.3 Å². The summed E-state index contributed by atoms with van der Waals surface area (Å²) in [5, 5.41) is 10.8. The Kier molecular flexibility index (Phi) is 5.25. The largest absolute Gasteiger partial charge is 0.497 e. The van der Waals surface area contributed by atoms with Gasteiger partial charge in [-0.3, -0.25) is 9.89 Å². The highest BCUT2D eigenvalue weighted by atomic mass is 16.5. The molecule has 2 heterocycles. The average molecular weight is 390 g/mol. The van der Waals surface area contributed by atoms with E-state index in [0.717, 1.165) is 59.0 Å². The van der Waals surface area contributed by atoms with Crippen molar-refractivity contribution in [2.45, 2.75) is 26.3 Å². The summed E-state index contributed by atoms with van der Waals surface area (Å²) in [7, 11) is 1.66. The van der Waals surface area contributed by atoms with Crippen LogP contribution in [0.2, 0.25) is 0 Å². The zero-order valence-corrected chi connectivity index (χ0v) is 17.0. The van der Waals surface area contributed by atoms with E-state index in [9.17, 15) is 4.79 Å². The number of ether oxygens (including phenoxy) is 1. The monoisotopic (exact) mass is 390 g/mol. The Morgan fingerprint density at radius 2 is 1.97 bits per heavy atom. The fourth-order valence-electron chi connectivity index (χ4n) is 3.81. The van der Waals surface area contributed by atoms with Gasteiger partial charge >= 0.3 is 0 Å². The minimum atomic E-state index is -0.00435. The van der Waals surface area contributed by atoms with Crippen LogP contribution in [0.15, 0.2) is 48.5 Å². The minimum Gasteiger partial charge on any atom is -0.497 e. The maximum atomic E-state index is 12.7. The second kappa shape index (κ2) is 7.99. The lowest BCUT2D eigenvalue weighted by atomic mass is 10.0. The molecule has 1 aliphatic heterocycles. The summed E-state index contributed by atoms with van der Waals surface area (Å²) in [4.78, 5) is 14.9. The number of nitrogens with one attached hydrogen (secondary N) is 2. The molecule has 1 aliphatic rings. The average Bonchev–Trinajstić information content (AvgIpc) is 3.37. The first-order valence-electron chi connectivity index (χ1n) is 9.86. The summed E-state index contributed by atoms with van der Waals surface area (Å²) in [6.45, 7) is 5.63. The molecule has 2 aromatic carbocycles. The number of carbonyl (C=O) groups excluding carboxylic acids is 1. The molecule has 4 rings (SSSR count). The number of carbonyl (C=O) groups is 1. The molecule has 0 spiro atoms. The van der Waals surface area contributed by atoms with Crippen LogP contribution in [0.1, 0.15) is 27.9 Å². The number of H-pyrrole nitrogens is 1. The number of methoxy groups -OCH3 is 1. The normalized spacial score (nSPS) is 16.1. The number of aromatic amines is 1. The molecule has 150 valence electrons. The molecule has 1 aromatic heterocycles. The van der Waals surface area contributed by atoms with Gasteiger partial charge in [0.15, 0.2) is 5.82 Å². The Balaban J connectivity index is 1.39. The van der Waals surface area contributed by atoms with Gasteiger partial charge in [-0.2, -0.15) is 5.10 Å². The predicted molar refractivity (Wildman–Crippen MR) is 115 cm³/mol. The molecule has 3 aromatic rings. The number of hydrogen-bond donors (Lipinski definition) is 2. The Bertz CT molecular complexity index is 1010. The van der Waals surface area contributed by atoms with Crippen LogP contribution in [0, 0.1) is 13.8 Å². The van der Waals surface area contributed by atoms with Crippen molar-refractivity contribution in [2.24, 2.45) is 0 Å². The molecule has 1 amide bonds. The molecule has 0 bridgehead atoms. The maximum Gasteiger partial charge on any atom is 0.251 e. The Morgan fingerprint density at radius 1 is 1.17 bits per heavy atom. The number of hydrogen-bond acceptors (Lipinski definition) is 4. The van der Waals surface area contributed by atoms with Crippen LogP contribution in [-0.2, 0) is 0 Å². The van der Waals surface area contributed by atoms with Crippen LogP contribution < -0.4 is 15.0 Å². The van der Waals surface area contributed by atoms with E-state index < -0.39 is 0 Å². The molecule has 0 unspecified atom stereocenters. The molecule has 6 nitrogen and oxygen atoms in total. The van der Waals surface area contributed by atoms with Crippen molar-refractivity contribution in [3.05, 3.63) is 65.2 Å². The van der Waals surface area contributed by atoms with Crippen LogP contribution in [0.3, 0.4) is 0 Å². The van der Waals surface area contributed by atoms with Crippen LogP contribution in [0.5, 0.6) is 5.75 Å². The van der Waals surface area contributed by atoms with E-state index in [2.05, 4.69) is 26.5 Å². The summed E-state index contributed by atoms with van der Waals surface area (Å²) in [5.41, 5.74) is 4.94. The van der Waals surface area contributed by atoms with Gasteiger partial charge in [0.25, 0.3) is 5.91 Å². The van der Waals surface area contributed by atoms with Gasteiger partial charge in [0.05, 0.1) is 12.8 Å². The second-order valence-corrected chi connectivity index (χ2v) is 7.59. The molecule has 1 atom stereocenters. The van der Waals surface area contributed by atoms with E-state index >= 15 is 0 Å². The number of nitrogens with zero attached hydrogens (tertiary/aromatic N) is 2. The number of benzene rings is 2. The molecular formula is C23H26N4O2. The topological polar surface area (TPSA) is 70.2 Å². The standard InChI is InChI=1S/C23H26N4O2/c1-15-4-9-20(16(2)12-15)23(28)24-18-10-11-27(14-18)22-13-21(25-26-22)17-5-7-19(29-3)8-6-17/h4-9,12-13,18H,10-11,14H2,1-3H3,(H,24,28)(H,25,26)/t18-/m0/s1. The van der Waals surface area contributed by atoms with Gasteiger partial charge < -0.3 is 15.0 Å². The molecule has 0 radical (unpaired) electrons. The first kappa shape index (κ1) is 19.1. The lowest BCUT2D eigenvalue weighted by molar-refractivity contribution is 0.0940. The highest BCUT2D eigenvalue weighted by Gasteiger charge is 2.26. The van der Waals surface area contributed by atoms with Crippen molar-refractivity contribution in [3.63, 3.8) is 0 Å². The van der Waals surface area contributed by atoms with E-state index in [4.69, 9.17) is 4.74 Å². The fourth-order valence-corrected chi connectivity index (χ4v) is 3.81. The summed E-state index contributed by atoms with van der Waals surface area (Å²) < 4.78 is 5.21. The molecule has 0 saturated carbocycles. The molecule has 29 heavy (non-hydrogen) atoms. The molecule has 0 aliphatic carbocycles. The molecule has 6 heteroatoms. The third kappa shape index (κ3) is 4.11. The molecule has 1 fully saturated rings. The Morgan fingerprint density at radius 3 is 2.69 bits per heavy atom. The number of amides is 1. The van der Waals surface area contributed by atoms with Crippen molar-refractivity contribution < 1.29 is 9.53 Å². The third-order valence-electron chi connectivity index (χ3n) is 5.44.